The van der Waals surface area contributed by atoms with Crippen molar-refractivity contribution in [2.75, 3.05) is 18.5 Å². The van der Waals surface area contributed by atoms with Crippen LogP contribution in [0.25, 0.3) is 0 Å². The summed E-state index contributed by atoms with van der Waals surface area (Å²) < 4.78 is 10.6. The molecule has 3 N–H and O–H groups in total. The number of carbonyl (C=O) groups excluding carboxylic acids is 2. The number of ether oxygens (including phenoxy) is 2. The quantitative estimate of drug-likeness (QED) is 0.346. The van der Waals surface area contributed by atoms with E-state index >= 15 is 0 Å². The van der Waals surface area contributed by atoms with Gasteiger partial charge in [-0.2, -0.15) is 5.10 Å². The summed E-state index contributed by atoms with van der Waals surface area (Å²) in [6.07, 6.45) is 1.33. The van der Waals surface area contributed by atoms with Gasteiger partial charge in [-0.05, 0) is 61.7 Å². The Morgan fingerprint density at radius 1 is 1.07 bits per heavy atom. The van der Waals surface area contributed by atoms with Crippen LogP contribution in [-0.4, -0.2) is 42.3 Å². The minimum Gasteiger partial charge on any atom is -0.490 e. The van der Waals surface area contributed by atoms with Crippen molar-refractivity contribution in [3.63, 3.8) is 0 Å². The van der Waals surface area contributed by atoms with Crippen LogP contribution < -0.4 is 20.2 Å². The molecule has 0 radical (unpaired) electrons. The Morgan fingerprint density at radius 2 is 1.83 bits per heavy atom. The van der Waals surface area contributed by atoms with Crippen LogP contribution in [0.1, 0.15) is 23.6 Å². The van der Waals surface area contributed by atoms with E-state index in [0.717, 1.165) is 11.1 Å². The van der Waals surface area contributed by atoms with Gasteiger partial charge in [0.05, 0.1) is 12.8 Å². The summed E-state index contributed by atoms with van der Waals surface area (Å²) in [6, 6.07) is 10.1. The van der Waals surface area contributed by atoms with E-state index in [1.165, 1.54) is 12.3 Å². The molecular formula is C21H23N3O6. The number of rotatable bonds is 8. The van der Waals surface area contributed by atoms with Gasteiger partial charge in [-0.3, -0.25) is 9.59 Å². The molecule has 0 atom stereocenters. The van der Waals surface area contributed by atoms with Crippen LogP contribution in [0.3, 0.4) is 0 Å². The lowest BCUT2D eigenvalue weighted by atomic mass is 10.1. The van der Waals surface area contributed by atoms with Crippen LogP contribution in [0.15, 0.2) is 41.5 Å². The summed E-state index contributed by atoms with van der Waals surface area (Å²) >= 11 is 0. The first-order valence-electron chi connectivity index (χ1n) is 9.13. The third kappa shape index (κ3) is 6.33. The van der Waals surface area contributed by atoms with Crippen LogP contribution in [0, 0.1) is 13.8 Å². The van der Waals surface area contributed by atoms with Crippen molar-refractivity contribution in [2.24, 2.45) is 5.10 Å². The smallest absolute Gasteiger partial charge is 0.341 e. The maximum Gasteiger partial charge on any atom is 0.341 e. The molecule has 0 heterocycles. The van der Waals surface area contributed by atoms with Gasteiger partial charge < -0.3 is 19.9 Å². The van der Waals surface area contributed by atoms with Gasteiger partial charge in [-0.25, -0.2) is 10.2 Å². The van der Waals surface area contributed by atoms with Gasteiger partial charge >= 0.3 is 17.8 Å². The molecule has 0 spiro atoms. The monoisotopic (exact) mass is 413 g/mol. The van der Waals surface area contributed by atoms with E-state index in [4.69, 9.17) is 14.6 Å². The summed E-state index contributed by atoms with van der Waals surface area (Å²) in [5.41, 5.74) is 5.13. The molecule has 2 rings (SSSR count). The number of nitrogens with one attached hydrogen (secondary N) is 2. The highest BCUT2D eigenvalue weighted by Gasteiger charge is 2.14. The molecule has 0 aromatic heterocycles. The van der Waals surface area contributed by atoms with Gasteiger partial charge in [-0.1, -0.05) is 12.1 Å². The van der Waals surface area contributed by atoms with E-state index in [0.29, 0.717) is 23.6 Å². The van der Waals surface area contributed by atoms with E-state index in [9.17, 15) is 14.4 Å². The largest absolute Gasteiger partial charge is 0.490 e. The maximum absolute atomic E-state index is 12.0. The van der Waals surface area contributed by atoms with Crippen LogP contribution in [0.2, 0.25) is 0 Å². The summed E-state index contributed by atoms with van der Waals surface area (Å²) in [4.78, 5) is 34.7. The van der Waals surface area contributed by atoms with Gasteiger partial charge in [0.1, 0.15) is 0 Å². The molecule has 2 amide bonds. The van der Waals surface area contributed by atoms with Crippen LogP contribution in [0.5, 0.6) is 11.5 Å². The molecule has 0 aliphatic heterocycles. The first-order valence-corrected chi connectivity index (χ1v) is 9.13. The topological polar surface area (TPSA) is 126 Å². The Morgan fingerprint density at radius 3 is 2.53 bits per heavy atom. The summed E-state index contributed by atoms with van der Waals surface area (Å²) in [5.74, 6) is -2.26. The van der Waals surface area contributed by atoms with Gasteiger partial charge in [0, 0.05) is 5.69 Å². The number of carboxylic acids is 1. The molecule has 0 fully saturated rings. The van der Waals surface area contributed by atoms with E-state index in [-0.39, 0.29) is 5.75 Å². The molecule has 0 unspecified atom stereocenters. The van der Waals surface area contributed by atoms with Crippen molar-refractivity contribution in [2.45, 2.75) is 20.8 Å². The zero-order valence-corrected chi connectivity index (χ0v) is 16.9. The minimum absolute atomic E-state index is 0.272. The summed E-state index contributed by atoms with van der Waals surface area (Å²) in [7, 11) is 0. The van der Waals surface area contributed by atoms with Crippen LogP contribution in [0.4, 0.5) is 5.69 Å². The zero-order chi connectivity index (χ0) is 22.1. The normalized spacial score (nSPS) is 10.5. The SMILES string of the molecule is CCOc1cc(/C=N\NC(=O)C(=O)Nc2cccc(C)c2C)ccc1OCC(=O)O. The van der Waals surface area contributed by atoms with Gasteiger partial charge in [-0.15, -0.1) is 0 Å². The van der Waals surface area contributed by atoms with Crippen molar-refractivity contribution in [3.05, 3.63) is 53.1 Å². The molecule has 0 bridgehead atoms. The molecule has 0 aliphatic rings. The van der Waals surface area contributed by atoms with Crippen molar-refractivity contribution in [3.8, 4) is 11.5 Å². The van der Waals surface area contributed by atoms with Crippen LogP contribution in [-0.2, 0) is 14.4 Å². The summed E-state index contributed by atoms with van der Waals surface area (Å²) in [6.45, 7) is 5.37. The van der Waals surface area contributed by atoms with E-state index < -0.39 is 24.4 Å². The number of hydrogen-bond donors (Lipinski definition) is 3. The van der Waals surface area contributed by atoms with Gasteiger partial charge in [0.2, 0.25) is 0 Å². The molecule has 9 nitrogen and oxygen atoms in total. The predicted molar refractivity (Wildman–Crippen MR) is 111 cm³/mol. The van der Waals surface area contributed by atoms with E-state index in [1.54, 1.807) is 31.2 Å². The van der Waals surface area contributed by atoms with Crippen molar-refractivity contribution >= 4 is 29.7 Å². The average molecular weight is 413 g/mol. The highest BCUT2D eigenvalue weighted by molar-refractivity contribution is 6.39. The number of nitrogens with zero attached hydrogens (tertiary/aromatic N) is 1. The molecular weight excluding hydrogens is 390 g/mol. The second kappa shape index (κ2) is 10.6. The maximum atomic E-state index is 12.0. The molecule has 0 aliphatic carbocycles. The number of carboxylic acid groups (broad SMARTS) is 1. The highest BCUT2D eigenvalue weighted by atomic mass is 16.5. The van der Waals surface area contributed by atoms with E-state index in [1.807, 2.05) is 19.9 Å². The summed E-state index contributed by atoms with van der Waals surface area (Å²) in [5, 5.41) is 15.0. The number of amides is 2. The second-order valence-electron chi connectivity index (χ2n) is 6.22. The number of benzene rings is 2. The fourth-order valence-electron chi connectivity index (χ4n) is 2.41. The molecule has 30 heavy (non-hydrogen) atoms. The number of hydrazone groups is 1. The standard InChI is InChI=1S/C21H23N3O6/c1-4-29-18-10-15(8-9-17(18)30-12-19(25)26)11-22-24-21(28)20(27)23-16-7-5-6-13(2)14(16)3/h5-11H,4,12H2,1-3H3,(H,23,27)(H,24,28)(H,25,26)/b22-11-. The first kappa shape index (κ1) is 22.4. The Kier molecular flexibility index (Phi) is 7.92. The molecule has 0 saturated heterocycles. The number of aliphatic carboxylic acids is 1. The second-order valence-corrected chi connectivity index (χ2v) is 6.22. The van der Waals surface area contributed by atoms with E-state index in [2.05, 4.69) is 15.8 Å². The fourth-order valence-corrected chi connectivity index (χ4v) is 2.41. The van der Waals surface area contributed by atoms with Crippen molar-refractivity contribution < 1.29 is 29.0 Å². The lowest BCUT2D eigenvalue weighted by Gasteiger charge is -2.11. The van der Waals surface area contributed by atoms with Crippen LogP contribution >= 0.6 is 0 Å². The Bertz CT molecular complexity index is 971. The molecule has 9 heteroatoms. The lowest BCUT2D eigenvalue weighted by Crippen LogP contribution is -2.32. The zero-order valence-electron chi connectivity index (χ0n) is 16.9. The third-order valence-electron chi connectivity index (χ3n) is 4.06. The highest BCUT2D eigenvalue weighted by Crippen LogP contribution is 2.28. The first-order chi connectivity index (χ1) is 14.3. The molecule has 2 aromatic rings. The average Bonchev–Trinajstić information content (AvgIpc) is 2.70. The van der Waals surface area contributed by atoms with Crippen molar-refractivity contribution in [1.82, 2.24) is 5.43 Å². The molecule has 0 saturated carbocycles. The third-order valence-corrected chi connectivity index (χ3v) is 4.06. The molecule has 158 valence electrons. The fraction of sp³-hybridized carbons (Fsp3) is 0.238. The number of carbonyl (C=O) groups is 3. The lowest BCUT2D eigenvalue weighted by molar-refractivity contribution is -0.139. The predicted octanol–water partition coefficient (Wildman–Crippen LogP) is 2.25. The minimum atomic E-state index is -1.11. The Labute approximate surface area is 173 Å². The van der Waals surface area contributed by atoms with Gasteiger partial charge in [0.25, 0.3) is 0 Å². The Hall–Kier alpha value is -3.88. The number of aryl methyl sites for hydroxylation is 1. The number of hydrogen-bond acceptors (Lipinski definition) is 6. The molecule has 2 aromatic carbocycles. The van der Waals surface area contributed by atoms with Gasteiger partial charge in [0.15, 0.2) is 18.1 Å². The Balaban J connectivity index is 2.00. The van der Waals surface area contributed by atoms with Crippen molar-refractivity contribution in [1.29, 1.82) is 0 Å². The number of anilines is 1.